The molecule has 0 unspecified atom stereocenters. The summed E-state index contributed by atoms with van der Waals surface area (Å²) in [6.45, 7) is 11.9. The van der Waals surface area contributed by atoms with E-state index in [1.54, 1.807) is 0 Å². The number of carbonyl (C=O) groups is 1. The molecule has 0 atom stereocenters. The highest BCUT2D eigenvalue weighted by atomic mass is 35.5. The van der Waals surface area contributed by atoms with Crippen LogP contribution < -0.4 is 0 Å². The van der Waals surface area contributed by atoms with Crippen LogP contribution in [0.5, 0.6) is 0 Å². The van der Waals surface area contributed by atoms with Crippen LogP contribution in [0.15, 0.2) is 0 Å². The number of carbonyl (C=O) groups excluding carboxylic acids is 1. The Morgan fingerprint density at radius 3 is 2.20 bits per heavy atom. The van der Waals surface area contributed by atoms with Gasteiger partial charge < -0.3 is 9.16 Å². The van der Waals surface area contributed by atoms with Crippen molar-refractivity contribution in [3.8, 4) is 0 Å². The molecule has 0 fully saturated rings. The van der Waals surface area contributed by atoms with E-state index in [0.717, 1.165) is 0 Å². The molecule has 0 aliphatic rings. The molecule has 0 radical (unpaired) electrons. The topological polar surface area (TPSA) is 35.5 Å². The van der Waals surface area contributed by atoms with Crippen LogP contribution in [0.1, 0.15) is 27.2 Å². The van der Waals surface area contributed by atoms with E-state index < -0.39 is 13.7 Å². The van der Waals surface area contributed by atoms with Crippen molar-refractivity contribution in [1.29, 1.82) is 0 Å². The van der Waals surface area contributed by atoms with Crippen LogP contribution in [0.2, 0.25) is 18.1 Å². The van der Waals surface area contributed by atoms with Crippen molar-refractivity contribution in [3.05, 3.63) is 0 Å². The van der Waals surface area contributed by atoms with Crippen molar-refractivity contribution >= 4 is 25.3 Å². The molecule has 0 aromatic carbocycles. The van der Waals surface area contributed by atoms with Crippen LogP contribution in [0.4, 0.5) is 4.79 Å². The summed E-state index contributed by atoms with van der Waals surface area (Å²) in [7, 11) is -1.66. The van der Waals surface area contributed by atoms with Gasteiger partial charge in [-0.3, -0.25) is 0 Å². The van der Waals surface area contributed by atoms with E-state index in [2.05, 4.69) is 38.6 Å². The third-order valence-electron chi connectivity index (χ3n) is 2.77. The smallest absolute Gasteiger partial charge is 0.403 e. The van der Waals surface area contributed by atoms with E-state index in [-0.39, 0.29) is 5.04 Å². The predicted octanol–water partition coefficient (Wildman–Crippen LogP) is 3.77. The molecule has 3 nitrogen and oxygen atoms in total. The highest BCUT2D eigenvalue weighted by Crippen LogP contribution is 2.36. The van der Waals surface area contributed by atoms with Crippen molar-refractivity contribution < 1.29 is 14.0 Å². The van der Waals surface area contributed by atoms with Crippen LogP contribution in [0.25, 0.3) is 0 Å². The predicted molar refractivity (Wildman–Crippen MR) is 65.0 cm³/mol. The van der Waals surface area contributed by atoms with Crippen LogP contribution >= 0.6 is 11.6 Å². The van der Waals surface area contributed by atoms with E-state index in [4.69, 9.17) is 16.0 Å². The molecule has 0 saturated carbocycles. The Kier molecular flexibility index (Phi) is 5.84. The zero-order chi connectivity index (χ0) is 12.1. The van der Waals surface area contributed by atoms with Crippen LogP contribution in [0, 0.1) is 0 Å². The maximum absolute atomic E-state index is 10.3. The third-order valence-corrected chi connectivity index (χ3v) is 7.42. The molecule has 5 heteroatoms. The number of rotatable bonds is 5. The molecule has 15 heavy (non-hydrogen) atoms. The van der Waals surface area contributed by atoms with Crippen molar-refractivity contribution in [2.24, 2.45) is 0 Å². The van der Waals surface area contributed by atoms with Gasteiger partial charge in [0.25, 0.3) is 0 Å². The van der Waals surface area contributed by atoms with Gasteiger partial charge in [0, 0.05) is 24.6 Å². The van der Waals surface area contributed by atoms with E-state index in [0.29, 0.717) is 19.6 Å². The standard InChI is InChI=1S/C10H21ClO3Si/c1-10(2,3)15(4,5)14-8-6-7-13-9(11)12/h6-8H2,1-5H3. The van der Waals surface area contributed by atoms with Crippen molar-refractivity contribution in [2.45, 2.75) is 45.3 Å². The van der Waals surface area contributed by atoms with Crippen molar-refractivity contribution in [3.63, 3.8) is 0 Å². The summed E-state index contributed by atoms with van der Waals surface area (Å²) < 4.78 is 10.5. The highest BCUT2D eigenvalue weighted by Gasteiger charge is 2.36. The monoisotopic (exact) mass is 252 g/mol. The number of hydrogen-bond acceptors (Lipinski definition) is 3. The fourth-order valence-electron chi connectivity index (χ4n) is 0.755. The lowest BCUT2D eigenvalue weighted by molar-refractivity contribution is 0.160. The average molecular weight is 253 g/mol. The lowest BCUT2D eigenvalue weighted by atomic mass is 10.2. The number of hydrogen-bond donors (Lipinski definition) is 0. The summed E-state index contributed by atoms with van der Waals surface area (Å²) >= 11 is 5.03. The third kappa shape index (κ3) is 6.17. The van der Waals surface area contributed by atoms with Gasteiger partial charge in [0.1, 0.15) is 0 Å². The van der Waals surface area contributed by atoms with Gasteiger partial charge in [-0.15, -0.1) is 0 Å². The lowest BCUT2D eigenvalue weighted by Crippen LogP contribution is -2.41. The minimum Gasteiger partial charge on any atom is -0.454 e. The molecule has 0 spiro atoms. The minimum atomic E-state index is -1.66. The van der Waals surface area contributed by atoms with Gasteiger partial charge >= 0.3 is 5.43 Å². The molecule has 0 aliphatic heterocycles. The molecule has 0 aromatic heterocycles. The molecule has 0 aliphatic carbocycles. The Labute approximate surface area is 98.2 Å². The second kappa shape index (κ2) is 5.87. The maximum atomic E-state index is 10.3. The van der Waals surface area contributed by atoms with Crippen LogP contribution in [-0.2, 0) is 9.16 Å². The Morgan fingerprint density at radius 2 is 1.80 bits per heavy atom. The maximum Gasteiger partial charge on any atom is 0.403 e. The van der Waals surface area contributed by atoms with Gasteiger partial charge in [0.15, 0.2) is 8.32 Å². The van der Waals surface area contributed by atoms with E-state index in [1.807, 2.05) is 0 Å². The molecule has 0 saturated heterocycles. The normalized spacial score (nSPS) is 12.7. The molecule has 90 valence electrons. The summed E-state index contributed by atoms with van der Waals surface area (Å²) in [5.74, 6) is 0. The van der Waals surface area contributed by atoms with Gasteiger partial charge in [-0.1, -0.05) is 20.8 Å². The zero-order valence-electron chi connectivity index (χ0n) is 10.2. The summed E-state index contributed by atoms with van der Waals surface area (Å²) in [6, 6.07) is 0. The zero-order valence-corrected chi connectivity index (χ0v) is 12.0. The van der Waals surface area contributed by atoms with Crippen LogP contribution in [0.3, 0.4) is 0 Å². The first-order valence-electron chi connectivity index (χ1n) is 5.13. The second-order valence-corrected chi connectivity index (χ2v) is 10.2. The van der Waals surface area contributed by atoms with Crippen molar-refractivity contribution in [2.75, 3.05) is 13.2 Å². The van der Waals surface area contributed by atoms with Crippen LogP contribution in [-0.4, -0.2) is 27.0 Å². The first-order chi connectivity index (χ1) is 6.67. The molecule has 0 aromatic rings. The number of ether oxygens (including phenoxy) is 1. The molecular weight excluding hydrogens is 232 g/mol. The second-order valence-electron chi connectivity index (χ2n) is 5.05. The van der Waals surface area contributed by atoms with E-state index in [1.165, 1.54) is 0 Å². The van der Waals surface area contributed by atoms with E-state index in [9.17, 15) is 4.79 Å². The van der Waals surface area contributed by atoms with Gasteiger partial charge in [-0.25, -0.2) is 4.79 Å². The first kappa shape index (κ1) is 14.9. The molecule has 0 N–H and O–H groups in total. The van der Waals surface area contributed by atoms with Gasteiger partial charge in [-0.05, 0) is 18.1 Å². The van der Waals surface area contributed by atoms with Gasteiger partial charge in [0.2, 0.25) is 0 Å². The first-order valence-corrected chi connectivity index (χ1v) is 8.41. The average Bonchev–Trinajstić information content (AvgIpc) is 2.00. The largest absolute Gasteiger partial charge is 0.454 e. The fourth-order valence-corrected chi connectivity index (χ4v) is 1.92. The minimum absolute atomic E-state index is 0.218. The molecule has 0 heterocycles. The Hall–Kier alpha value is -0.0631. The molecule has 0 amide bonds. The molecule has 0 bridgehead atoms. The van der Waals surface area contributed by atoms with Crippen molar-refractivity contribution in [1.82, 2.24) is 0 Å². The van der Waals surface area contributed by atoms with Gasteiger partial charge in [0.05, 0.1) is 6.61 Å². The summed E-state index contributed by atoms with van der Waals surface area (Å²) in [4.78, 5) is 10.3. The molecular formula is C10H21ClO3Si. The highest BCUT2D eigenvalue weighted by molar-refractivity contribution is 6.74. The quantitative estimate of drug-likeness (QED) is 0.424. The molecule has 0 rings (SSSR count). The lowest BCUT2D eigenvalue weighted by Gasteiger charge is -2.36. The summed E-state index contributed by atoms with van der Waals surface area (Å²) in [5, 5.41) is 0.218. The SMILES string of the molecule is CC(C)(C)[Si](C)(C)OCCCOC(=O)Cl. The Morgan fingerprint density at radius 1 is 1.27 bits per heavy atom. The summed E-state index contributed by atoms with van der Waals surface area (Å²) in [5.41, 5.74) is -0.748. The Bertz CT molecular complexity index is 211. The van der Waals surface area contributed by atoms with E-state index >= 15 is 0 Å². The fraction of sp³-hybridized carbons (Fsp3) is 0.900. The summed E-state index contributed by atoms with van der Waals surface area (Å²) in [6.07, 6.45) is 0.699. The van der Waals surface area contributed by atoms with Gasteiger partial charge in [-0.2, -0.15) is 0 Å². The Balaban J connectivity index is 3.72. The number of halogens is 1.